The van der Waals surface area contributed by atoms with Crippen LogP contribution in [-0.2, 0) is 6.54 Å². The van der Waals surface area contributed by atoms with Gasteiger partial charge in [-0.1, -0.05) is 6.07 Å². The lowest BCUT2D eigenvalue weighted by Crippen LogP contribution is -1.98. The average Bonchev–Trinajstić information content (AvgIpc) is 2.81. The summed E-state index contributed by atoms with van der Waals surface area (Å²) in [7, 11) is 0. The van der Waals surface area contributed by atoms with Crippen LogP contribution in [0.25, 0.3) is 22.6 Å². The summed E-state index contributed by atoms with van der Waals surface area (Å²) in [6, 6.07) is 9.74. The van der Waals surface area contributed by atoms with Crippen molar-refractivity contribution < 1.29 is 4.42 Å². The van der Waals surface area contributed by atoms with Crippen molar-refractivity contribution in [2.75, 3.05) is 0 Å². The lowest BCUT2D eigenvalue weighted by Gasteiger charge is -1.97. The van der Waals surface area contributed by atoms with Gasteiger partial charge < -0.3 is 10.2 Å². The Bertz CT molecular complexity index is 703. The van der Waals surface area contributed by atoms with E-state index in [1.54, 1.807) is 6.20 Å². The lowest BCUT2D eigenvalue weighted by atomic mass is 10.2. The number of benzene rings is 1. The Morgan fingerprint density at radius 1 is 1.22 bits per heavy atom. The molecular formula is C14H13N3O. The van der Waals surface area contributed by atoms with E-state index in [1.165, 1.54) is 0 Å². The van der Waals surface area contributed by atoms with Gasteiger partial charge in [0.15, 0.2) is 5.58 Å². The fourth-order valence-electron chi connectivity index (χ4n) is 1.88. The number of hydrogen-bond acceptors (Lipinski definition) is 4. The SMILES string of the molecule is Cc1ccc2nc(-c3ccnc(CN)c3)oc2c1. The zero-order chi connectivity index (χ0) is 12.5. The Labute approximate surface area is 104 Å². The van der Waals surface area contributed by atoms with Crippen molar-refractivity contribution in [2.45, 2.75) is 13.5 Å². The molecule has 2 heterocycles. The number of aryl methyl sites for hydroxylation is 1. The number of nitrogens with two attached hydrogens (primary N) is 1. The molecule has 3 aromatic rings. The fraction of sp³-hybridized carbons (Fsp3) is 0.143. The minimum absolute atomic E-state index is 0.410. The molecule has 18 heavy (non-hydrogen) atoms. The van der Waals surface area contributed by atoms with E-state index in [0.29, 0.717) is 12.4 Å². The van der Waals surface area contributed by atoms with Crippen LogP contribution in [0, 0.1) is 6.92 Å². The first kappa shape index (κ1) is 10.9. The Morgan fingerprint density at radius 2 is 2.11 bits per heavy atom. The molecule has 4 nitrogen and oxygen atoms in total. The highest BCUT2D eigenvalue weighted by molar-refractivity contribution is 5.76. The highest BCUT2D eigenvalue weighted by Gasteiger charge is 2.08. The first-order valence-electron chi connectivity index (χ1n) is 5.79. The molecule has 0 radical (unpaired) electrons. The van der Waals surface area contributed by atoms with Crippen molar-refractivity contribution in [2.24, 2.45) is 5.73 Å². The zero-order valence-corrected chi connectivity index (χ0v) is 10.1. The molecule has 0 aliphatic heterocycles. The standard InChI is InChI=1S/C14H13N3O/c1-9-2-3-12-13(6-9)18-14(17-12)10-4-5-16-11(7-10)8-15/h2-7H,8,15H2,1H3. The highest BCUT2D eigenvalue weighted by atomic mass is 16.3. The highest BCUT2D eigenvalue weighted by Crippen LogP contribution is 2.24. The molecule has 0 spiro atoms. The molecule has 0 fully saturated rings. The van der Waals surface area contributed by atoms with Crippen molar-refractivity contribution in [3.63, 3.8) is 0 Å². The summed E-state index contributed by atoms with van der Waals surface area (Å²) in [6.45, 7) is 2.44. The molecule has 0 bridgehead atoms. The Balaban J connectivity index is 2.13. The van der Waals surface area contributed by atoms with E-state index in [1.807, 2.05) is 37.3 Å². The van der Waals surface area contributed by atoms with Crippen molar-refractivity contribution in [1.29, 1.82) is 0 Å². The third-order valence-electron chi connectivity index (χ3n) is 2.82. The Morgan fingerprint density at radius 3 is 2.94 bits per heavy atom. The molecule has 90 valence electrons. The molecule has 0 aliphatic carbocycles. The number of fused-ring (bicyclic) bond motifs is 1. The quantitative estimate of drug-likeness (QED) is 0.746. The lowest BCUT2D eigenvalue weighted by molar-refractivity contribution is 0.619. The number of oxazole rings is 1. The normalized spacial score (nSPS) is 11.0. The predicted octanol–water partition coefficient (Wildman–Crippen LogP) is 2.66. The van der Waals surface area contributed by atoms with Crippen LogP contribution < -0.4 is 5.73 Å². The summed E-state index contributed by atoms with van der Waals surface area (Å²) in [4.78, 5) is 8.62. The molecule has 2 aromatic heterocycles. The second-order valence-corrected chi connectivity index (χ2v) is 4.23. The summed E-state index contributed by atoms with van der Waals surface area (Å²) >= 11 is 0. The van der Waals surface area contributed by atoms with Gasteiger partial charge in [0.1, 0.15) is 5.52 Å². The van der Waals surface area contributed by atoms with Gasteiger partial charge >= 0.3 is 0 Å². The molecule has 3 rings (SSSR count). The van der Waals surface area contributed by atoms with Crippen molar-refractivity contribution >= 4 is 11.1 Å². The van der Waals surface area contributed by atoms with Crippen molar-refractivity contribution in [3.05, 3.63) is 47.8 Å². The summed E-state index contributed by atoms with van der Waals surface area (Å²) < 4.78 is 5.75. The van der Waals surface area contributed by atoms with Crippen LogP contribution in [0.4, 0.5) is 0 Å². The molecular weight excluding hydrogens is 226 g/mol. The van der Waals surface area contributed by atoms with Crippen LogP contribution in [0.3, 0.4) is 0 Å². The zero-order valence-electron chi connectivity index (χ0n) is 10.1. The Hall–Kier alpha value is -2.20. The number of rotatable bonds is 2. The fourth-order valence-corrected chi connectivity index (χ4v) is 1.88. The molecule has 0 aliphatic rings. The number of hydrogen-bond donors (Lipinski definition) is 1. The summed E-state index contributed by atoms with van der Waals surface area (Å²) in [6.07, 6.45) is 1.72. The number of aromatic nitrogens is 2. The maximum absolute atomic E-state index is 5.75. The molecule has 0 amide bonds. The van der Waals surface area contributed by atoms with Crippen LogP contribution in [0.15, 0.2) is 40.9 Å². The maximum Gasteiger partial charge on any atom is 0.227 e. The van der Waals surface area contributed by atoms with Gasteiger partial charge in [0.25, 0.3) is 0 Å². The summed E-state index contributed by atoms with van der Waals surface area (Å²) in [5, 5.41) is 0. The van der Waals surface area contributed by atoms with Gasteiger partial charge in [0, 0.05) is 18.3 Å². The summed E-state index contributed by atoms with van der Waals surface area (Å²) in [5.74, 6) is 0.604. The Kier molecular flexibility index (Phi) is 2.57. The van der Waals surface area contributed by atoms with Crippen LogP contribution in [0.2, 0.25) is 0 Å². The minimum Gasteiger partial charge on any atom is -0.436 e. The topological polar surface area (TPSA) is 64.9 Å². The van der Waals surface area contributed by atoms with E-state index in [2.05, 4.69) is 9.97 Å². The van der Waals surface area contributed by atoms with Crippen LogP contribution >= 0.6 is 0 Å². The molecule has 0 unspecified atom stereocenters. The van der Waals surface area contributed by atoms with Gasteiger partial charge in [-0.15, -0.1) is 0 Å². The predicted molar refractivity (Wildman–Crippen MR) is 69.9 cm³/mol. The van der Waals surface area contributed by atoms with Crippen LogP contribution in [0.1, 0.15) is 11.3 Å². The van der Waals surface area contributed by atoms with Crippen molar-refractivity contribution in [1.82, 2.24) is 9.97 Å². The first-order valence-corrected chi connectivity index (χ1v) is 5.79. The smallest absolute Gasteiger partial charge is 0.227 e. The largest absolute Gasteiger partial charge is 0.436 e. The van der Waals surface area contributed by atoms with Gasteiger partial charge in [0.05, 0.1) is 5.69 Å². The molecule has 0 saturated heterocycles. The molecule has 0 saturated carbocycles. The average molecular weight is 239 g/mol. The van der Waals surface area contributed by atoms with Gasteiger partial charge in [0.2, 0.25) is 5.89 Å². The monoisotopic (exact) mass is 239 g/mol. The van der Waals surface area contributed by atoms with E-state index >= 15 is 0 Å². The van der Waals surface area contributed by atoms with Gasteiger partial charge in [-0.25, -0.2) is 4.98 Å². The molecule has 1 aromatic carbocycles. The summed E-state index contributed by atoms with van der Waals surface area (Å²) in [5.41, 5.74) is 10.1. The molecule has 4 heteroatoms. The van der Waals surface area contributed by atoms with E-state index in [-0.39, 0.29) is 0 Å². The first-order chi connectivity index (χ1) is 8.76. The number of nitrogens with zero attached hydrogens (tertiary/aromatic N) is 2. The van der Waals surface area contributed by atoms with Gasteiger partial charge in [-0.05, 0) is 36.8 Å². The molecule has 0 atom stereocenters. The molecule has 2 N–H and O–H groups in total. The van der Waals surface area contributed by atoms with E-state index in [4.69, 9.17) is 10.2 Å². The second-order valence-electron chi connectivity index (χ2n) is 4.23. The van der Waals surface area contributed by atoms with E-state index in [9.17, 15) is 0 Å². The van der Waals surface area contributed by atoms with Crippen molar-refractivity contribution in [3.8, 4) is 11.5 Å². The van der Waals surface area contributed by atoms with Gasteiger partial charge in [-0.3, -0.25) is 4.98 Å². The van der Waals surface area contributed by atoms with E-state index in [0.717, 1.165) is 27.9 Å². The van der Waals surface area contributed by atoms with E-state index < -0.39 is 0 Å². The third-order valence-corrected chi connectivity index (χ3v) is 2.82. The van der Waals surface area contributed by atoms with Gasteiger partial charge in [-0.2, -0.15) is 0 Å². The minimum atomic E-state index is 0.410. The van der Waals surface area contributed by atoms with Crippen LogP contribution in [-0.4, -0.2) is 9.97 Å². The number of pyridine rings is 1. The van der Waals surface area contributed by atoms with Crippen LogP contribution in [0.5, 0.6) is 0 Å². The third kappa shape index (κ3) is 1.87. The second kappa shape index (κ2) is 4.23. The maximum atomic E-state index is 5.75.